The Kier molecular flexibility index (Phi) is 51.6. The maximum absolute atomic E-state index is 11.4. The number of piperidine rings is 1. The minimum absolute atomic E-state index is 0.261. The first-order valence-corrected chi connectivity index (χ1v) is 46.4. The van der Waals surface area contributed by atoms with Crippen molar-refractivity contribution in [2.75, 3.05) is 166 Å². The van der Waals surface area contributed by atoms with Crippen molar-refractivity contribution in [3.63, 3.8) is 0 Å². The van der Waals surface area contributed by atoms with Gasteiger partial charge in [0.1, 0.15) is 65.7 Å². The molecular weight excluding hydrogens is 1970 g/mol. The fourth-order valence-corrected chi connectivity index (χ4v) is 16.8. The average molecular weight is 2060 g/mol. The van der Waals surface area contributed by atoms with Gasteiger partial charge in [0.2, 0.25) is 0 Å². The van der Waals surface area contributed by atoms with Crippen LogP contribution in [0.25, 0.3) is 16.5 Å². The third-order valence-electron chi connectivity index (χ3n) is 16.6. The summed E-state index contributed by atoms with van der Waals surface area (Å²) in [7, 11) is -48.6. The minimum atomic E-state index is -6.72. The molecule has 4 aliphatic rings. The van der Waals surface area contributed by atoms with E-state index in [4.69, 9.17) is 33.2 Å². The van der Waals surface area contributed by atoms with E-state index in [0.717, 1.165) is 107 Å². The Labute approximate surface area is 711 Å². The van der Waals surface area contributed by atoms with Crippen LogP contribution in [0, 0.1) is 0 Å². The van der Waals surface area contributed by atoms with Gasteiger partial charge in [-0.2, -0.15) is 105 Å². The largest absolute Gasteiger partial charge is 0.480 e. The van der Waals surface area contributed by atoms with Gasteiger partial charge in [-0.25, -0.2) is 86.5 Å². The number of ether oxygens (including phenoxy) is 7. The lowest BCUT2D eigenvalue weighted by Crippen LogP contribution is -2.55. The normalized spacial score (nSPS) is 16.9. The number of quaternary nitrogens is 4. The van der Waals surface area contributed by atoms with E-state index in [1.165, 1.54) is 97.1 Å². The van der Waals surface area contributed by atoms with Gasteiger partial charge in [0.05, 0.1) is 72.1 Å². The van der Waals surface area contributed by atoms with Crippen LogP contribution in [0.5, 0.6) is 0 Å². The number of rotatable bonds is 33. The van der Waals surface area contributed by atoms with Crippen LogP contribution in [-0.2, 0) is 133 Å². The Hall–Kier alpha value is -5.68. The van der Waals surface area contributed by atoms with Gasteiger partial charge in [-0.15, -0.1) is 0 Å². The number of hydrogen-bond donors (Lipinski definition) is 0. The first-order chi connectivity index (χ1) is 56.2. The fraction of sp³-hybridized carbons (Fsp3) is 0.797. The number of nitrogens with zero attached hydrogens (tertiary/aromatic N) is 8. The van der Waals surface area contributed by atoms with E-state index in [-0.39, 0.29) is 23.9 Å². The molecule has 0 aromatic heterocycles. The summed E-state index contributed by atoms with van der Waals surface area (Å²) < 4.78 is 477. The molecule has 0 unspecified atom stereocenters. The van der Waals surface area contributed by atoms with Crippen molar-refractivity contribution in [1.29, 1.82) is 0 Å². The molecular formula is C59H94F24N8O27S8. The number of esters is 4. The second-order valence-corrected chi connectivity index (χ2v) is 40.4. The lowest BCUT2D eigenvalue weighted by atomic mass is 10.1. The predicted molar refractivity (Wildman–Crippen MR) is 393 cm³/mol. The molecule has 0 spiro atoms. The molecule has 0 N–H and O–H groups in total. The molecule has 0 radical (unpaired) electrons. The second kappa shape index (κ2) is 51.4. The van der Waals surface area contributed by atoms with Crippen LogP contribution in [-0.4, -0.2) is 319 Å². The van der Waals surface area contributed by atoms with Crippen molar-refractivity contribution < 1.29 is 243 Å². The molecule has 35 nitrogen and oxygen atoms in total. The number of halogens is 24. The standard InChI is InChI=1S/C14H26NO3.C13H24NO3.C12H22NO3.C12H22NO2.4C2F6NO4S2/c1-13(2)14(16)18-12-10-15(9-11-17-3)7-5-4-6-8-15;1-12(2)13(15)17-11-9-14(8-10-16-3)6-4-5-7-14;1-11(2)12(14)16-9-8-13(10-15-3)6-4-5-7-13;1-4-13(7-5-6-8-13)9-10-15-12(14)11(2)3;4*3-1(4,5)14(10,11)9-15(12,13)2(6,7)8/h1,4-12H2,2-3H3;1,4-11H2,2-3H3;1,4-10H2,2-3H3;2,4-10H2,1,3H3;;;;/q4*+1;4*-1. The van der Waals surface area contributed by atoms with Gasteiger partial charge in [-0.3, -0.25) is 4.48 Å². The molecule has 0 aromatic rings. The van der Waals surface area contributed by atoms with Crippen molar-refractivity contribution >= 4 is 104 Å². The third-order valence-corrected chi connectivity index (χ3v) is 27.6. The fourth-order valence-electron chi connectivity index (χ4n) is 9.95. The number of carbonyl (C=O) groups is 4. The zero-order chi connectivity index (χ0) is 100. The second-order valence-electron chi connectivity index (χ2n) is 26.7. The molecule has 0 atom stereocenters. The highest BCUT2D eigenvalue weighted by Gasteiger charge is 2.51. The van der Waals surface area contributed by atoms with Crippen molar-refractivity contribution in [2.24, 2.45) is 0 Å². The summed E-state index contributed by atoms with van der Waals surface area (Å²) in [6.45, 7) is 43.6. The summed E-state index contributed by atoms with van der Waals surface area (Å²) in [5, 5.41) is 0. The Morgan fingerprint density at radius 2 is 0.413 bits per heavy atom. The summed E-state index contributed by atoms with van der Waals surface area (Å²) in [6, 6.07) is 0. The highest BCUT2D eigenvalue weighted by Crippen LogP contribution is 2.41. The molecule has 0 amide bonds. The Morgan fingerprint density at radius 3 is 0.571 bits per heavy atom. The number of alkyl halides is 24. The van der Waals surface area contributed by atoms with Crippen molar-refractivity contribution in [1.82, 2.24) is 0 Å². The first-order valence-electron chi connectivity index (χ1n) is 34.9. The maximum Gasteiger partial charge on any atom is 0.480 e. The van der Waals surface area contributed by atoms with Crippen LogP contribution < -0.4 is 0 Å². The molecule has 4 saturated heterocycles. The van der Waals surface area contributed by atoms with E-state index >= 15 is 0 Å². The van der Waals surface area contributed by atoms with Crippen molar-refractivity contribution in [3.05, 3.63) is 65.1 Å². The molecule has 4 rings (SSSR count). The van der Waals surface area contributed by atoms with Crippen LogP contribution in [0.15, 0.2) is 48.6 Å². The molecule has 126 heavy (non-hydrogen) atoms. The molecule has 0 saturated carbocycles. The van der Waals surface area contributed by atoms with Crippen LogP contribution in [0.4, 0.5) is 105 Å². The van der Waals surface area contributed by atoms with Gasteiger partial charge in [0, 0.05) is 82.1 Å². The van der Waals surface area contributed by atoms with Gasteiger partial charge in [-0.1, -0.05) is 26.3 Å². The Morgan fingerprint density at radius 1 is 0.262 bits per heavy atom. The number of sulfonamides is 8. The number of methoxy groups -OCH3 is 3. The van der Waals surface area contributed by atoms with E-state index in [2.05, 4.69) is 33.2 Å². The van der Waals surface area contributed by atoms with Gasteiger partial charge < -0.3 is 63.1 Å². The van der Waals surface area contributed by atoms with Crippen LogP contribution in [0.3, 0.4) is 0 Å². The minimum Gasteiger partial charge on any atom is -0.456 e. The summed E-state index contributed by atoms with van der Waals surface area (Å²) >= 11 is 0. The average Bonchev–Trinajstić information content (AvgIpc) is 0.953. The summed E-state index contributed by atoms with van der Waals surface area (Å²) in [5.41, 5.74) is -47.7. The van der Waals surface area contributed by atoms with E-state index in [9.17, 15) is 192 Å². The van der Waals surface area contributed by atoms with E-state index in [1.807, 2.05) is 0 Å². The van der Waals surface area contributed by atoms with Crippen LogP contribution >= 0.6 is 0 Å². The number of carbonyl (C=O) groups excluding carboxylic acids is 4. The highest BCUT2D eigenvalue weighted by atomic mass is 32.3. The van der Waals surface area contributed by atoms with Crippen LogP contribution in [0.1, 0.15) is 92.4 Å². The monoisotopic (exact) mass is 2060 g/mol. The predicted octanol–water partition coefficient (Wildman–Crippen LogP) is 10.4. The quantitative estimate of drug-likeness (QED) is 0.0194. The smallest absolute Gasteiger partial charge is 0.456 e. The van der Waals surface area contributed by atoms with E-state index in [1.54, 1.807) is 49.0 Å². The van der Waals surface area contributed by atoms with Gasteiger partial charge in [-0.05, 0) is 53.9 Å². The summed E-state index contributed by atoms with van der Waals surface area (Å²) in [5.74, 6) is -1.12. The first kappa shape index (κ1) is 127. The van der Waals surface area contributed by atoms with Crippen molar-refractivity contribution in [3.8, 4) is 0 Å². The topological polar surface area (TPSA) is 462 Å². The molecule has 4 aliphatic heterocycles. The Balaban J connectivity index is -0.000000676. The zero-order valence-corrected chi connectivity index (χ0v) is 74.2. The van der Waals surface area contributed by atoms with Crippen LogP contribution in [0.2, 0.25) is 0 Å². The highest BCUT2D eigenvalue weighted by molar-refractivity contribution is 8.14. The maximum atomic E-state index is 11.4. The third kappa shape index (κ3) is 45.9. The lowest BCUT2D eigenvalue weighted by molar-refractivity contribution is -0.934. The molecule has 0 bridgehead atoms. The molecule has 4 heterocycles. The SMILES string of the molecule is C=C(C)C(=O)OCC[N+]1(CC)CCCC1.C=C(C)C(=O)OCC[N+]1(CCOC)CCCC1.C=C(C)C(=O)OCC[N+]1(CCOC)CCCCC1.C=C(C)C(=O)OCC[N+]1(COC)CCCC1.O=S(=O)([N-]S(=O)(=O)C(F)(F)F)C(F)(F)F.O=S(=O)([N-]S(=O)(=O)C(F)(F)F)C(F)(F)F.O=S(=O)([N-]S(=O)(=O)C(F)(F)F)C(F)(F)F.O=S(=O)([N-]S(=O)(=O)C(F)(F)F)C(F)(F)F. The van der Waals surface area contributed by atoms with Crippen molar-refractivity contribution in [2.45, 2.75) is 136 Å². The number of likely N-dealkylation sites (N-methyl/N-ethyl adjacent to an activating group) is 1. The lowest BCUT2D eigenvalue weighted by Gasteiger charge is -2.41. The van der Waals surface area contributed by atoms with Gasteiger partial charge in [0.25, 0.3) is 0 Å². The zero-order valence-electron chi connectivity index (χ0n) is 67.7. The van der Waals surface area contributed by atoms with Gasteiger partial charge in [0.15, 0.2) is 86.9 Å². The van der Waals surface area contributed by atoms with E-state index in [0.29, 0.717) is 55.5 Å². The molecule has 748 valence electrons. The Bertz CT molecular complexity index is 3980. The van der Waals surface area contributed by atoms with E-state index < -0.39 is 124 Å². The molecule has 4 fully saturated rings. The van der Waals surface area contributed by atoms with Gasteiger partial charge >= 0.3 is 67.9 Å². The number of likely N-dealkylation sites (tertiary alicyclic amines) is 4. The number of hydrogen-bond acceptors (Lipinski definition) is 27. The summed E-state index contributed by atoms with van der Waals surface area (Å²) in [4.78, 5) is 45.0. The molecule has 0 aromatic carbocycles. The summed E-state index contributed by atoms with van der Waals surface area (Å²) in [6.07, 6.45) is 11.4. The molecule has 0 aliphatic carbocycles. The molecule has 67 heteroatoms.